The molecule has 8 heteroatoms. The van der Waals surface area contributed by atoms with E-state index in [4.69, 9.17) is 5.73 Å². The van der Waals surface area contributed by atoms with E-state index in [0.717, 1.165) is 0 Å². The number of sulfonamides is 1. The minimum atomic E-state index is -3.87. The lowest BCUT2D eigenvalue weighted by Crippen LogP contribution is -2.14. The molecule has 0 amide bonds. The van der Waals surface area contributed by atoms with E-state index in [0.29, 0.717) is 25.1 Å². The Morgan fingerprint density at radius 2 is 2.19 bits per heavy atom. The number of aromatic nitrogens is 2. The first-order chi connectivity index (χ1) is 9.94. The van der Waals surface area contributed by atoms with Gasteiger partial charge in [-0.3, -0.25) is 9.40 Å². The Kier molecular flexibility index (Phi) is 4.59. The quantitative estimate of drug-likeness (QED) is 0.845. The number of aryl methyl sites for hydroxylation is 2. The highest BCUT2D eigenvalue weighted by molar-refractivity contribution is 7.92. The predicted molar refractivity (Wildman–Crippen MR) is 77.8 cm³/mol. The van der Waals surface area contributed by atoms with Crippen LogP contribution < -0.4 is 10.5 Å². The number of hydrogen-bond donors (Lipinski definition) is 2. The number of hydrogen-bond acceptors (Lipinski definition) is 4. The fraction of sp³-hybridized carbons (Fsp3) is 0.308. The molecule has 2 rings (SSSR count). The molecule has 3 N–H and O–H groups in total. The number of benzene rings is 1. The minimum absolute atomic E-state index is 0.0119. The third-order valence-corrected chi connectivity index (χ3v) is 4.27. The molecule has 0 bridgehead atoms. The number of nitrogens with two attached hydrogens (primary N) is 1. The zero-order valence-electron chi connectivity index (χ0n) is 11.6. The zero-order valence-corrected chi connectivity index (χ0v) is 12.4. The van der Waals surface area contributed by atoms with Crippen LogP contribution in [0.5, 0.6) is 0 Å². The molecule has 1 aromatic carbocycles. The number of nitrogens with one attached hydrogen (secondary N) is 1. The summed E-state index contributed by atoms with van der Waals surface area (Å²) in [5.74, 6) is -0.617. The molecule has 1 heterocycles. The molecule has 0 saturated heterocycles. The molecule has 6 nitrogen and oxygen atoms in total. The monoisotopic (exact) mass is 312 g/mol. The fourth-order valence-electron chi connectivity index (χ4n) is 1.81. The highest BCUT2D eigenvalue weighted by Gasteiger charge is 2.19. The molecule has 0 fully saturated rings. The molecule has 0 radical (unpaired) electrons. The van der Waals surface area contributed by atoms with Gasteiger partial charge >= 0.3 is 0 Å². The highest BCUT2D eigenvalue weighted by Crippen LogP contribution is 2.22. The molecule has 0 unspecified atom stereocenters. The van der Waals surface area contributed by atoms with E-state index in [1.54, 1.807) is 13.0 Å². The van der Waals surface area contributed by atoms with Crippen LogP contribution in [-0.2, 0) is 16.6 Å². The second-order valence-electron chi connectivity index (χ2n) is 4.62. The summed E-state index contributed by atoms with van der Waals surface area (Å²) in [7, 11) is -3.87. The van der Waals surface area contributed by atoms with Gasteiger partial charge in [-0.1, -0.05) is 12.1 Å². The van der Waals surface area contributed by atoms with Crippen LogP contribution >= 0.6 is 0 Å². The Morgan fingerprint density at radius 3 is 2.86 bits per heavy atom. The second-order valence-corrected chi connectivity index (χ2v) is 6.30. The first kappa shape index (κ1) is 15.5. The van der Waals surface area contributed by atoms with Crippen LogP contribution in [0.2, 0.25) is 0 Å². The summed E-state index contributed by atoms with van der Waals surface area (Å²) in [5.41, 5.74) is 5.85. The molecular formula is C13H17FN4O2S. The second kappa shape index (κ2) is 6.23. The Labute approximate surface area is 122 Å². The van der Waals surface area contributed by atoms with Crippen LogP contribution in [0.15, 0.2) is 35.5 Å². The molecule has 0 atom stereocenters. The lowest BCUT2D eigenvalue weighted by atomic mass is 10.2. The van der Waals surface area contributed by atoms with Gasteiger partial charge in [0.1, 0.15) is 10.7 Å². The maximum Gasteiger partial charge on any atom is 0.265 e. The van der Waals surface area contributed by atoms with Crippen molar-refractivity contribution in [2.24, 2.45) is 5.73 Å². The topological polar surface area (TPSA) is 90.0 Å². The van der Waals surface area contributed by atoms with Crippen molar-refractivity contribution in [1.82, 2.24) is 9.78 Å². The summed E-state index contributed by atoms with van der Waals surface area (Å²) in [5, 5.41) is 3.95. The first-order valence-electron chi connectivity index (χ1n) is 6.44. The van der Waals surface area contributed by atoms with Crippen LogP contribution in [0.4, 0.5) is 10.1 Å². The first-order valence-corrected chi connectivity index (χ1v) is 7.93. The largest absolute Gasteiger partial charge is 0.330 e. The summed E-state index contributed by atoms with van der Waals surface area (Å²) in [6, 6.07) is 4.36. The Bertz CT molecular complexity index is 707. The van der Waals surface area contributed by atoms with Gasteiger partial charge in [0.2, 0.25) is 0 Å². The number of nitrogens with zero attached hydrogens (tertiary/aromatic N) is 2. The minimum Gasteiger partial charge on any atom is -0.330 e. The van der Waals surface area contributed by atoms with E-state index in [-0.39, 0.29) is 10.6 Å². The highest BCUT2D eigenvalue weighted by atomic mass is 32.2. The summed E-state index contributed by atoms with van der Waals surface area (Å²) in [4.78, 5) is -0.0119. The maximum atomic E-state index is 13.7. The third kappa shape index (κ3) is 3.59. The van der Waals surface area contributed by atoms with Gasteiger partial charge in [0.15, 0.2) is 0 Å². The molecule has 0 saturated carbocycles. The van der Waals surface area contributed by atoms with E-state index < -0.39 is 15.8 Å². The van der Waals surface area contributed by atoms with Gasteiger partial charge in [-0.15, -0.1) is 0 Å². The molecule has 1 aromatic heterocycles. The number of halogens is 1. The van der Waals surface area contributed by atoms with Crippen molar-refractivity contribution in [3.8, 4) is 0 Å². The van der Waals surface area contributed by atoms with Crippen molar-refractivity contribution in [3.05, 3.63) is 42.0 Å². The summed E-state index contributed by atoms with van der Waals surface area (Å²) in [6.45, 7) is 2.66. The van der Waals surface area contributed by atoms with Crippen LogP contribution in [0.3, 0.4) is 0 Å². The summed E-state index contributed by atoms with van der Waals surface area (Å²) >= 11 is 0. The average Bonchev–Trinajstić information content (AvgIpc) is 2.90. The van der Waals surface area contributed by atoms with E-state index in [1.165, 1.54) is 29.2 Å². The zero-order chi connectivity index (χ0) is 15.5. The Balaban J connectivity index is 2.24. The molecule has 21 heavy (non-hydrogen) atoms. The van der Waals surface area contributed by atoms with Crippen LogP contribution in [0.1, 0.15) is 12.0 Å². The summed E-state index contributed by atoms with van der Waals surface area (Å²) < 4.78 is 41.9. The van der Waals surface area contributed by atoms with Crippen molar-refractivity contribution in [2.75, 3.05) is 11.3 Å². The number of rotatable bonds is 6. The molecule has 0 aliphatic carbocycles. The third-order valence-electron chi connectivity index (χ3n) is 2.97. The lowest BCUT2D eigenvalue weighted by Gasteiger charge is -2.09. The van der Waals surface area contributed by atoms with Crippen LogP contribution in [0, 0.1) is 12.7 Å². The normalized spacial score (nSPS) is 11.6. The molecule has 0 spiro atoms. The van der Waals surface area contributed by atoms with E-state index in [1.807, 2.05) is 0 Å². The van der Waals surface area contributed by atoms with Gasteiger partial charge in [-0.2, -0.15) is 5.10 Å². The van der Waals surface area contributed by atoms with E-state index in [9.17, 15) is 12.8 Å². The van der Waals surface area contributed by atoms with Gasteiger partial charge in [0.05, 0.1) is 11.9 Å². The van der Waals surface area contributed by atoms with Crippen molar-refractivity contribution in [1.29, 1.82) is 0 Å². The van der Waals surface area contributed by atoms with Crippen LogP contribution in [0.25, 0.3) is 0 Å². The van der Waals surface area contributed by atoms with Crippen molar-refractivity contribution >= 4 is 15.7 Å². The smallest absolute Gasteiger partial charge is 0.265 e. The van der Waals surface area contributed by atoms with Crippen LogP contribution in [-0.4, -0.2) is 24.7 Å². The summed E-state index contributed by atoms with van der Waals surface area (Å²) in [6.07, 6.45) is 3.32. The van der Waals surface area contributed by atoms with E-state index >= 15 is 0 Å². The SMILES string of the molecule is Cc1cccc(F)c1NS(=O)(=O)c1cnn(CCCN)c1. The number of para-hydroxylation sites is 1. The van der Waals surface area contributed by atoms with Crippen molar-refractivity contribution in [3.63, 3.8) is 0 Å². The molecule has 2 aromatic rings. The molecule has 0 aliphatic rings. The van der Waals surface area contributed by atoms with Gasteiger partial charge in [0, 0.05) is 12.7 Å². The fourth-order valence-corrected chi connectivity index (χ4v) is 2.90. The van der Waals surface area contributed by atoms with Gasteiger partial charge < -0.3 is 5.73 Å². The van der Waals surface area contributed by atoms with E-state index in [2.05, 4.69) is 9.82 Å². The molecule has 114 valence electrons. The standard InChI is InChI=1S/C13H17FN4O2S/c1-10-4-2-5-12(14)13(10)17-21(19,20)11-8-16-18(9-11)7-3-6-15/h2,4-5,8-9,17H,3,6-7,15H2,1H3. The molecular weight excluding hydrogens is 295 g/mol. The Hall–Kier alpha value is -1.93. The van der Waals surface area contributed by atoms with Crippen molar-refractivity contribution < 1.29 is 12.8 Å². The van der Waals surface area contributed by atoms with Gasteiger partial charge in [0.25, 0.3) is 10.0 Å². The van der Waals surface area contributed by atoms with Gasteiger partial charge in [-0.25, -0.2) is 12.8 Å². The average molecular weight is 312 g/mol. The number of anilines is 1. The Morgan fingerprint density at radius 1 is 1.43 bits per heavy atom. The van der Waals surface area contributed by atoms with Gasteiger partial charge in [-0.05, 0) is 31.5 Å². The predicted octanol–water partition coefficient (Wildman–Crippen LogP) is 1.48. The van der Waals surface area contributed by atoms with Crippen molar-refractivity contribution in [2.45, 2.75) is 24.8 Å². The molecule has 0 aliphatic heterocycles. The maximum absolute atomic E-state index is 13.7. The lowest BCUT2D eigenvalue weighted by molar-refractivity contribution is 0.582.